The van der Waals surface area contributed by atoms with E-state index >= 15 is 0 Å². The van der Waals surface area contributed by atoms with Crippen LogP contribution in [0.1, 0.15) is 11.1 Å². The van der Waals surface area contributed by atoms with Crippen LogP contribution in [0.2, 0.25) is 0 Å². The SMILES string of the molecule is C=CCc1ccc(O[PH](=O)Oc2ccc(CC=C)cc2)cc1. The van der Waals surface area contributed by atoms with Crippen LogP contribution >= 0.6 is 8.25 Å². The monoisotopic (exact) mass is 314 g/mol. The van der Waals surface area contributed by atoms with Gasteiger partial charge in [0.1, 0.15) is 11.5 Å². The number of hydrogen-bond donors (Lipinski definition) is 0. The van der Waals surface area contributed by atoms with Crippen LogP contribution in [0, 0.1) is 0 Å². The highest BCUT2D eigenvalue weighted by molar-refractivity contribution is 7.34. The van der Waals surface area contributed by atoms with Gasteiger partial charge in [0, 0.05) is 0 Å². The smallest absolute Gasteiger partial charge is 0.418 e. The molecule has 0 aromatic heterocycles. The maximum atomic E-state index is 11.9. The van der Waals surface area contributed by atoms with Gasteiger partial charge in [0.2, 0.25) is 0 Å². The van der Waals surface area contributed by atoms with Gasteiger partial charge in [-0.05, 0) is 48.2 Å². The Kier molecular flexibility index (Phi) is 6.05. The molecule has 0 saturated carbocycles. The molecule has 0 aliphatic rings. The maximum absolute atomic E-state index is 11.9. The van der Waals surface area contributed by atoms with E-state index in [2.05, 4.69) is 13.2 Å². The molecule has 0 heterocycles. The fourth-order valence-electron chi connectivity index (χ4n) is 1.93. The van der Waals surface area contributed by atoms with Crippen molar-refractivity contribution in [1.29, 1.82) is 0 Å². The molecule has 0 radical (unpaired) electrons. The molecule has 0 spiro atoms. The second kappa shape index (κ2) is 8.26. The van der Waals surface area contributed by atoms with Crippen molar-refractivity contribution < 1.29 is 13.6 Å². The molecule has 0 aliphatic carbocycles. The highest BCUT2D eigenvalue weighted by Crippen LogP contribution is 2.30. The molecule has 2 rings (SSSR count). The van der Waals surface area contributed by atoms with Crippen molar-refractivity contribution in [3.63, 3.8) is 0 Å². The molecular weight excluding hydrogens is 295 g/mol. The second-order valence-electron chi connectivity index (χ2n) is 4.73. The third-order valence-corrected chi connectivity index (χ3v) is 3.81. The molecule has 0 N–H and O–H groups in total. The zero-order chi connectivity index (χ0) is 15.8. The minimum absolute atomic E-state index is 0.528. The van der Waals surface area contributed by atoms with Gasteiger partial charge >= 0.3 is 8.25 Å². The molecule has 4 heteroatoms. The van der Waals surface area contributed by atoms with Crippen molar-refractivity contribution in [2.24, 2.45) is 0 Å². The molecule has 114 valence electrons. The Bertz CT molecular complexity index is 588. The standard InChI is InChI=1S/C18H19O3P/c1-3-5-15-7-11-17(12-8-15)20-22(19)21-18-13-9-16(6-4-2)10-14-18/h3-4,7-14,22H,1-2,5-6H2. The largest absolute Gasteiger partial charge is 0.418 e. The minimum atomic E-state index is -2.63. The summed E-state index contributed by atoms with van der Waals surface area (Å²) in [6, 6.07) is 14.8. The van der Waals surface area contributed by atoms with Crippen LogP contribution in [-0.4, -0.2) is 0 Å². The molecule has 0 amide bonds. The van der Waals surface area contributed by atoms with Crippen molar-refractivity contribution in [2.75, 3.05) is 0 Å². The zero-order valence-corrected chi connectivity index (χ0v) is 13.3. The molecule has 0 bridgehead atoms. The van der Waals surface area contributed by atoms with Gasteiger partial charge in [-0.15, -0.1) is 13.2 Å². The summed E-state index contributed by atoms with van der Waals surface area (Å²) in [5.74, 6) is 1.06. The van der Waals surface area contributed by atoms with Crippen molar-refractivity contribution in [3.8, 4) is 11.5 Å². The van der Waals surface area contributed by atoms with E-state index in [-0.39, 0.29) is 0 Å². The molecule has 3 nitrogen and oxygen atoms in total. The Morgan fingerprint density at radius 3 is 1.45 bits per heavy atom. The van der Waals surface area contributed by atoms with Crippen LogP contribution < -0.4 is 9.05 Å². The van der Waals surface area contributed by atoms with Crippen molar-refractivity contribution in [2.45, 2.75) is 12.8 Å². The average Bonchev–Trinajstić information content (AvgIpc) is 2.52. The van der Waals surface area contributed by atoms with E-state index in [1.165, 1.54) is 0 Å². The average molecular weight is 314 g/mol. The summed E-state index contributed by atoms with van der Waals surface area (Å²) < 4.78 is 22.5. The van der Waals surface area contributed by atoms with E-state index in [0.717, 1.165) is 24.0 Å². The van der Waals surface area contributed by atoms with E-state index in [9.17, 15) is 4.57 Å². The summed E-state index contributed by atoms with van der Waals surface area (Å²) in [5, 5.41) is 0. The lowest BCUT2D eigenvalue weighted by Crippen LogP contribution is -1.90. The van der Waals surface area contributed by atoms with Crippen LogP contribution in [0.25, 0.3) is 0 Å². The molecule has 0 unspecified atom stereocenters. The minimum Gasteiger partial charge on any atom is -0.418 e. The quantitative estimate of drug-likeness (QED) is 0.508. The number of allylic oxidation sites excluding steroid dienone is 2. The first-order chi connectivity index (χ1) is 10.7. The van der Waals surface area contributed by atoms with E-state index in [1.54, 1.807) is 24.3 Å². The van der Waals surface area contributed by atoms with Gasteiger partial charge in [-0.2, -0.15) is 0 Å². The molecule has 0 aliphatic heterocycles. The number of rotatable bonds is 8. The summed E-state index contributed by atoms with van der Waals surface area (Å²) in [5.41, 5.74) is 2.25. The highest BCUT2D eigenvalue weighted by atomic mass is 31.1. The maximum Gasteiger partial charge on any atom is 0.418 e. The Balaban J connectivity index is 1.91. The van der Waals surface area contributed by atoms with Gasteiger partial charge in [0.25, 0.3) is 0 Å². The van der Waals surface area contributed by atoms with Crippen LogP contribution in [0.5, 0.6) is 11.5 Å². The van der Waals surface area contributed by atoms with Gasteiger partial charge in [-0.3, -0.25) is 0 Å². The predicted molar refractivity (Wildman–Crippen MR) is 90.9 cm³/mol. The van der Waals surface area contributed by atoms with Gasteiger partial charge in [-0.25, -0.2) is 4.57 Å². The van der Waals surface area contributed by atoms with Crippen LogP contribution in [-0.2, 0) is 17.4 Å². The van der Waals surface area contributed by atoms with E-state index in [0.29, 0.717) is 11.5 Å². The summed E-state index contributed by atoms with van der Waals surface area (Å²) in [7, 11) is -2.63. The molecule has 0 atom stereocenters. The van der Waals surface area contributed by atoms with Crippen LogP contribution in [0.15, 0.2) is 73.8 Å². The van der Waals surface area contributed by atoms with E-state index < -0.39 is 8.25 Å². The summed E-state index contributed by atoms with van der Waals surface area (Å²) in [4.78, 5) is 0. The first-order valence-electron chi connectivity index (χ1n) is 7.00. The van der Waals surface area contributed by atoms with E-state index in [4.69, 9.17) is 9.05 Å². The molecule has 0 fully saturated rings. The van der Waals surface area contributed by atoms with Crippen molar-refractivity contribution in [3.05, 3.63) is 85.0 Å². The zero-order valence-electron chi connectivity index (χ0n) is 12.3. The van der Waals surface area contributed by atoms with Gasteiger partial charge in [0.15, 0.2) is 0 Å². The molecule has 2 aromatic carbocycles. The normalized spacial score (nSPS) is 10.2. The third-order valence-electron chi connectivity index (χ3n) is 3.01. The summed E-state index contributed by atoms with van der Waals surface area (Å²) in [6.45, 7) is 7.38. The fourth-order valence-corrected chi connectivity index (χ4v) is 2.63. The highest BCUT2D eigenvalue weighted by Gasteiger charge is 2.04. The predicted octanol–water partition coefficient (Wildman–Crippen LogP) is 4.99. The lowest BCUT2D eigenvalue weighted by Gasteiger charge is -2.09. The Hall–Kier alpha value is -2.25. The topological polar surface area (TPSA) is 35.5 Å². The Labute approximate surface area is 131 Å². The Morgan fingerprint density at radius 2 is 1.14 bits per heavy atom. The van der Waals surface area contributed by atoms with Gasteiger partial charge < -0.3 is 9.05 Å². The number of hydrogen-bond acceptors (Lipinski definition) is 3. The van der Waals surface area contributed by atoms with E-state index in [1.807, 2.05) is 36.4 Å². The fraction of sp³-hybridized carbons (Fsp3) is 0.111. The van der Waals surface area contributed by atoms with Crippen molar-refractivity contribution in [1.82, 2.24) is 0 Å². The third kappa shape index (κ3) is 4.94. The Morgan fingerprint density at radius 1 is 0.773 bits per heavy atom. The lowest BCUT2D eigenvalue weighted by atomic mass is 10.1. The lowest BCUT2D eigenvalue weighted by molar-refractivity contribution is 0.415. The second-order valence-corrected chi connectivity index (χ2v) is 5.64. The van der Waals surface area contributed by atoms with Crippen molar-refractivity contribution >= 4 is 8.25 Å². The van der Waals surface area contributed by atoms with Gasteiger partial charge in [-0.1, -0.05) is 36.4 Å². The summed E-state index contributed by atoms with van der Waals surface area (Å²) in [6.07, 6.45) is 5.25. The molecule has 22 heavy (non-hydrogen) atoms. The van der Waals surface area contributed by atoms with Gasteiger partial charge in [0.05, 0.1) is 0 Å². The molecular formula is C18H19O3P. The first kappa shape index (κ1) is 16.1. The van der Waals surface area contributed by atoms with Crippen LogP contribution in [0.4, 0.5) is 0 Å². The first-order valence-corrected chi connectivity index (χ1v) is 8.23. The summed E-state index contributed by atoms with van der Waals surface area (Å²) >= 11 is 0. The molecule has 2 aromatic rings. The molecule has 0 saturated heterocycles. The van der Waals surface area contributed by atoms with Crippen LogP contribution in [0.3, 0.4) is 0 Å². The number of benzene rings is 2.